The molecule has 0 bridgehead atoms. The molecule has 3 rings (SSSR count). The number of benzene rings is 1. The van der Waals surface area contributed by atoms with Gasteiger partial charge < -0.3 is 5.11 Å². The summed E-state index contributed by atoms with van der Waals surface area (Å²) in [6, 6.07) is 8.68. The number of aromatic nitrogens is 3. The van der Waals surface area contributed by atoms with Crippen molar-refractivity contribution in [3.63, 3.8) is 0 Å². The zero-order valence-corrected chi connectivity index (χ0v) is 14.3. The molecule has 0 aliphatic carbocycles. The van der Waals surface area contributed by atoms with Crippen molar-refractivity contribution in [1.29, 1.82) is 0 Å². The first-order chi connectivity index (χ1) is 11.5. The second kappa shape index (κ2) is 6.99. The standard InChI is InChI=1S/C18H13Cl2N3O/c1-11-15(6-4-12-5-7-16(24)14(19)9-12)22-18(23-17(11)20)13-3-2-8-21-10-13/h2-10,24H,1H3/b6-4+. The minimum Gasteiger partial charge on any atom is -0.506 e. The molecule has 1 N–H and O–H groups in total. The van der Waals surface area contributed by atoms with E-state index < -0.39 is 0 Å². The number of rotatable bonds is 3. The maximum absolute atomic E-state index is 9.47. The second-order valence-electron chi connectivity index (χ2n) is 5.13. The van der Waals surface area contributed by atoms with Gasteiger partial charge in [0.05, 0.1) is 10.7 Å². The first-order valence-corrected chi connectivity index (χ1v) is 7.91. The number of phenolic OH excluding ortho intramolecular Hbond substituents is 1. The van der Waals surface area contributed by atoms with Crippen molar-refractivity contribution in [3.05, 3.63) is 69.7 Å². The molecule has 3 aromatic rings. The molecule has 0 aliphatic rings. The van der Waals surface area contributed by atoms with Crippen molar-refractivity contribution in [2.75, 3.05) is 0 Å². The van der Waals surface area contributed by atoms with Crippen molar-refractivity contribution in [2.24, 2.45) is 0 Å². The van der Waals surface area contributed by atoms with Crippen molar-refractivity contribution in [3.8, 4) is 17.1 Å². The van der Waals surface area contributed by atoms with Crippen LogP contribution in [0.2, 0.25) is 10.2 Å². The Morgan fingerprint density at radius 2 is 1.92 bits per heavy atom. The predicted molar refractivity (Wildman–Crippen MR) is 97.1 cm³/mol. The minimum absolute atomic E-state index is 0.0499. The number of nitrogens with zero attached hydrogens (tertiary/aromatic N) is 3. The molecule has 4 nitrogen and oxygen atoms in total. The molecule has 1 aromatic carbocycles. The van der Waals surface area contributed by atoms with Gasteiger partial charge >= 0.3 is 0 Å². The van der Waals surface area contributed by atoms with E-state index in [-0.39, 0.29) is 5.75 Å². The van der Waals surface area contributed by atoms with Crippen molar-refractivity contribution < 1.29 is 5.11 Å². The van der Waals surface area contributed by atoms with E-state index in [9.17, 15) is 5.11 Å². The zero-order valence-electron chi connectivity index (χ0n) is 12.7. The fourth-order valence-electron chi connectivity index (χ4n) is 2.09. The number of hydrogen-bond donors (Lipinski definition) is 1. The Hall–Kier alpha value is -2.43. The van der Waals surface area contributed by atoms with Gasteiger partial charge in [-0.05, 0) is 42.8 Å². The van der Waals surface area contributed by atoms with Crippen molar-refractivity contribution in [2.45, 2.75) is 6.92 Å². The molecular weight excluding hydrogens is 345 g/mol. The lowest BCUT2D eigenvalue weighted by Gasteiger charge is -2.06. The Morgan fingerprint density at radius 1 is 1.08 bits per heavy atom. The molecule has 0 amide bonds. The van der Waals surface area contributed by atoms with Gasteiger partial charge in [-0.25, -0.2) is 9.97 Å². The topological polar surface area (TPSA) is 58.9 Å². The lowest BCUT2D eigenvalue weighted by molar-refractivity contribution is 0.475. The average molecular weight is 358 g/mol. The molecule has 0 saturated carbocycles. The molecule has 0 spiro atoms. The van der Waals surface area contributed by atoms with Gasteiger partial charge in [-0.2, -0.15) is 0 Å². The molecular formula is C18H13Cl2N3O. The number of halogens is 2. The van der Waals surface area contributed by atoms with Crippen LogP contribution in [-0.2, 0) is 0 Å². The summed E-state index contributed by atoms with van der Waals surface area (Å²) in [6.45, 7) is 1.86. The fraction of sp³-hybridized carbons (Fsp3) is 0.0556. The normalized spacial score (nSPS) is 11.1. The lowest BCUT2D eigenvalue weighted by atomic mass is 10.1. The van der Waals surface area contributed by atoms with Crippen LogP contribution in [0.5, 0.6) is 5.75 Å². The average Bonchev–Trinajstić information content (AvgIpc) is 2.60. The van der Waals surface area contributed by atoms with Crippen LogP contribution >= 0.6 is 23.2 Å². The van der Waals surface area contributed by atoms with Crippen LogP contribution in [0, 0.1) is 6.92 Å². The number of phenols is 1. The van der Waals surface area contributed by atoms with Gasteiger partial charge in [0.15, 0.2) is 5.82 Å². The summed E-state index contributed by atoms with van der Waals surface area (Å²) in [5.41, 5.74) is 3.13. The van der Waals surface area contributed by atoms with Gasteiger partial charge in [-0.15, -0.1) is 0 Å². The highest BCUT2D eigenvalue weighted by Gasteiger charge is 2.09. The van der Waals surface area contributed by atoms with E-state index in [0.29, 0.717) is 21.7 Å². The maximum atomic E-state index is 9.47. The van der Waals surface area contributed by atoms with Gasteiger partial charge in [0.1, 0.15) is 10.9 Å². The smallest absolute Gasteiger partial charge is 0.163 e. The summed E-state index contributed by atoms with van der Waals surface area (Å²) in [5.74, 6) is 0.566. The molecule has 0 saturated heterocycles. The largest absolute Gasteiger partial charge is 0.506 e. The lowest BCUT2D eigenvalue weighted by Crippen LogP contribution is -1.97. The minimum atomic E-state index is 0.0499. The predicted octanol–water partition coefficient (Wildman–Crippen LogP) is 5.03. The van der Waals surface area contributed by atoms with Gasteiger partial charge in [-0.1, -0.05) is 35.3 Å². The van der Waals surface area contributed by atoms with E-state index in [1.165, 1.54) is 0 Å². The van der Waals surface area contributed by atoms with E-state index in [0.717, 1.165) is 16.7 Å². The second-order valence-corrected chi connectivity index (χ2v) is 5.90. The molecule has 2 heterocycles. The third-order valence-electron chi connectivity index (χ3n) is 3.45. The van der Waals surface area contributed by atoms with E-state index in [4.69, 9.17) is 23.2 Å². The van der Waals surface area contributed by atoms with Gasteiger partial charge in [0.2, 0.25) is 0 Å². The Labute approximate surface area is 149 Å². The highest BCUT2D eigenvalue weighted by Crippen LogP contribution is 2.26. The van der Waals surface area contributed by atoms with E-state index in [1.54, 1.807) is 30.6 Å². The van der Waals surface area contributed by atoms with Gasteiger partial charge in [0.25, 0.3) is 0 Å². The van der Waals surface area contributed by atoms with Crippen LogP contribution in [0.3, 0.4) is 0 Å². The molecule has 0 unspecified atom stereocenters. The highest BCUT2D eigenvalue weighted by molar-refractivity contribution is 6.32. The summed E-state index contributed by atoms with van der Waals surface area (Å²) in [7, 11) is 0. The molecule has 2 aromatic heterocycles. The highest BCUT2D eigenvalue weighted by atomic mass is 35.5. The van der Waals surface area contributed by atoms with E-state index >= 15 is 0 Å². The zero-order chi connectivity index (χ0) is 17.1. The monoisotopic (exact) mass is 357 g/mol. The van der Waals surface area contributed by atoms with Gasteiger partial charge in [0, 0.05) is 23.5 Å². The number of hydrogen-bond acceptors (Lipinski definition) is 4. The molecule has 0 aliphatic heterocycles. The Kier molecular flexibility index (Phi) is 4.79. The molecule has 6 heteroatoms. The SMILES string of the molecule is Cc1c(Cl)nc(-c2cccnc2)nc1/C=C/c1ccc(O)c(Cl)c1. The van der Waals surface area contributed by atoms with Crippen LogP contribution in [0.1, 0.15) is 16.8 Å². The molecule has 120 valence electrons. The third-order valence-corrected chi connectivity index (χ3v) is 4.12. The van der Waals surface area contributed by atoms with Crippen LogP contribution < -0.4 is 0 Å². The Morgan fingerprint density at radius 3 is 2.62 bits per heavy atom. The molecule has 0 radical (unpaired) electrons. The number of aromatic hydroxyl groups is 1. The third kappa shape index (κ3) is 3.55. The van der Waals surface area contributed by atoms with E-state index in [1.807, 2.05) is 31.2 Å². The molecule has 0 fully saturated rings. The summed E-state index contributed by atoms with van der Waals surface area (Å²) >= 11 is 12.2. The van der Waals surface area contributed by atoms with Crippen molar-refractivity contribution >= 4 is 35.4 Å². The quantitative estimate of drug-likeness (QED) is 0.667. The first kappa shape index (κ1) is 16.4. The Balaban J connectivity index is 1.99. The molecule has 24 heavy (non-hydrogen) atoms. The summed E-state index contributed by atoms with van der Waals surface area (Å²) < 4.78 is 0. The number of pyridine rings is 1. The molecule has 0 atom stereocenters. The first-order valence-electron chi connectivity index (χ1n) is 7.16. The maximum Gasteiger partial charge on any atom is 0.163 e. The Bertz CT molecular complexity index is 912. The van der Waals surface area contributed by atoms with Crippen LogP contribution in [0.4, 0.5) is 0 Å². The van der Waals surface area contributed by atoms with Crippen LogP contribution in [0.15, 0.2) is 42.7 Å². The summed E-state index contributed by atoms with van der Waals surface area (Å²) in [4.78, 5) is 12.9. The van der Waals surface area contributed by atoms with Gasteiger partial charge in [-0.3, -0.25) is 4.98 Å². The van der Waals surface area contributed by atoms with Crippen molar-refractivity contribution in [1.82, 2.24) is 15.0 Å². The summed E-state index contributed by atoms with van der Waals surface area (Å²) in [5, 5.41) is 10.2. The fourth-order valence-corrected chi connectivity index (χ4v) is 2.46. The van der Waals surface area contributed by atoms with Crippen LogP contribution in [-0.4, -0.2) is 20.1 Å². The van der Waals surface area contributed by atoms with Crippen LogP contribution in [0.25, 0.3) is 23.5 Å². The summed E-state index contributed by atoms with van der Waals surface area (Å²) in [6.07, 6.45) is 7.07. The van der Waals surface area contributed by atoms with E-state index in [2.05, 4.69) is 15.0 Å².